The van der Waals surface area contributed by atoms with Crippen LogP contribution < -0.4 is 10.6 Å². The summed E-state index contributed by atoms with van der Waals surface area (Å²) in [5, 5.41) is 5.33. The van der Waals surface area contributed by atoms with Crippen molar-refractivity contribution in [2.45, 2.75) is 24.1 Å². The summed E-state index contributed by atoms with van der Waals surface area (Å²) in [5.74, 6) is -0.240. The molecule has 0 atom stereocenters. The molecule has 2 N–H and O–H groups in total. The lowest BCUT2D eigenvalue weighted by Crippen LogP contribution is -2.22. The highest BCUT2D eigenvalue weighted by Gasteiger charge is 2.21. The Balaban J connectivity index is 1.45. The van der Waals surface area contributed by atoms with Gasteiger partial charge in [0.05, 0.1) is 10.6 Å². The van der Waals surface area contributed by atoms with Crippen LogP contribution in [0.1, 0.15) is 37.7 Å². The third kappa shape index (κ3) is 5.66. The summed E-state index contributed by atoms with van der Waals surface area (Å²) >= 11 is 0. The smallest absolute Gasteiger partial charge is 0.251 e. The molecule has 2 amide bonds. The molecule has 2 aromatic carbocycles. The van der Waals surface area contributed by atoms with E-state index < -0.39 is 9.84 Å². The number of pyridine rings is 1. The minimum Gasteiger partial charge on any atom is -0.441 e. The van der Waals surface area contributed by atoms with Gasteiger partial charge in [0.2, 0.25) is 5.89 Å². The van der Waals surface area contributed by atoms with Crippen LogP contribution in [0.15, 0.2) is 82.4 Å². The van der Waals surface area contributed by atoms with Crippen LogP contribution in [0.2, 0.25) is 0 Å². The zero-order valence-electron chi connectivity index (χ0n) is 19.7. The molecule has 0 radical (unpaired) electrons. The Morgan fingerprint density at radius 1 is 0.944 bits per heavy atom. The lowest BCUT2D eigenvalue weighted by Gasteiger charge is -2.05. The average Bonchev–Trinajstić information content (AvgIpc) is 3.26. The summed E-state index contributed by atoms with van der Waals surface area (Å²) < 4.78 is 31.5. The maximum atomic E-state index is 12.9. The second-order valence-corrected chi connectivity index (χ2v) is 10.00. The highest BCUT2D eigenvalue weighted by molar-refractivity contribution is 7.90. The van der Waals surface area contributed by atoms with E-state index in [1.54, 1.807) is 49.6 Å². The molecule has 0 unspecified atom stereocenters. The molecular formula is C26H24N4O5S. The number of sulfone groups is 1. The molecule has 2 aromatic heterocycles. The third-order valence-corrected chi connectivity index (χ3v) is 7.14. The monoisotopic (exact) mass is 504 g/mol. The Hall–Kier alpha value is -4.31. The van der Waals surface area contributed by atoms with E-state index in [4.69, 9.17) is 4.42 Å². The normalized spacial score (nSPS) is 11.2. The van der Waals surface area contributed by atoms with E-state index in [1.807, 2.05) is 6.07 Å². The number of aromatic nitrogens is 2. The summed E-state index contributed by atoms with van der Waals surface area (Å²) in [5.41, 5.74) is 2.63. The molecule has 0 aliphatic heterocycles. The summed E-state index contributed by atoms with van der Waals surface area (Å²) in [6.45, 7) is 2.01. The number of hydrogen-bond acceptors (Lipinski definition) is 7. The second kappa shape index (κ2) is 10.5. The molecule has 9 nitrogen and oxygen atoms in total. The van der Waals surface area contributed by atoms with Gasteiger partial charge in [-0.3, -0.25) is 14.6 Å². The van der Waals surface area contributed by atoms with Crippen LogP contribution in [0.3, 0.4) is 0 Å². The van der Waals surface area contributed by atoms with E-state index in [9.17, 15) is 18.0 Å². The van der Waals surface area contributed by atoms with Gasteiger partial charge in [-0.1, -0.05) is 6.07 Å². The van der Waals surface area contributed by atoms with E-state index in [1.165, 1.54) is 31.3 Å². The zero-order chi connectivity index (χ0) is 25.7. The molecule has 0 aliphatic rings. The first kappa shape index (κ1) is 24.8. The first-order valence-corrected chi connectivity index (χ1v) is 12.7. The van der Waals surface area contributed by atoms with Gasteiger partial charge < -0.3 is 15.1 Å². The number of benzene rings is 2. The van der Waals surface area contributed by atoms with Gasteiger partial charge in [0.1, 0.15) is 11.5 Å². The van der Waals surface area contributed by atoms with Crippen LogP contribution in [0.4, 0.5) is 0 Å². The maximum Gasteiger partial charge on any atom is 0.251 e. The van der Waals surface area contributed by atoms with E-state index >= 15 is 0 Å². The average molecular weight is 505 g/mol. The maximum absolute atomic E-state index is 12.9. The molecule has 0 fully saturated rings. The molecule has 0 spiro atoms. The topological polar surface area (TPSA) is 131 Å². The van der Waals surface area contributed by atoms with Gasteiger partial charge in [0.25, 0.3) is 11.8 Å². The lowest BCUT2D eigenvalue weighted by atomic mass is 10.1. The number of aryl methyl sites for hydroxylation is 1. The van der Waals surface area contributed by atoms with Crippen molar-refractivity contribution in [1.82, 2.24) is 20.6 Å². The molecule has 4 rings (SSSR count). The number of carbonyl (C=O) groups is 2. The minimum atomic E-state index is -3.71. The number of carbonyl (C=O) groups excluding carboxylic acids is 2. The van der Waals surface area contributed by atoms with Gasteiger partial charge in [-0.05, 0) is 67.1 Å². The van der Waals surface area contributed by atoms with E-state index in [0.29, 0.717) is 34.7 Å². The molecule has 0 aliphatic carbocycles. The highest BCUT2D eigenvalue weighted by Crippen LogP contribution is 2.25. The predicted octanol–water partition coefficient (Wildman–Crippen LogP) is 3.31. The van der Waals surface area contributed by atoms with Crippen molar-refractivity contribution in [2.75, 3.05) is 7.05 Å². The first-order valence-electron chi connectivity index (χ1n) is 11.1. The number of amides is 2. The van der Waals surface area contributed by atoms with Crippen molar-refractivity contribution in [1.29, 1.82) is 0 Å². The largest absolute Gasteiger partial charge is 0.441 e. The standard InChI is InChI=1S/C26H24N4O5S/c1-17-23(16-36(33,34)22-11-9-19(10-12-22)24(31)27-2)30-26(35-17)21-7-5-20(6-8-21)25(32)29-15-18-4-3-13-28-14-18/h3-14H,15-16H2,1-2H3,(H,27,31)(H,29,32). The Morgan fingerprint density at radius 3 is 2.25 bits per heavy atom. The number of nitrogens with zero attached hydrogens (tertiary/aromatic N) is 2. The SMILES string of the molecule is CNC(=O)c1ccc(S(=O)(=O)Cc2nc(-c3ccc(C(=O)NCc4cccnc4)cc3)oc2C)cc1. The summed E-state index contributed by atoms with van der Waals surface area (Å²) in [6, 6.07) is 16.1. The van der Waals surface area contributed by atoms with E-state index in [-0.39, 0.29) is 28.4 Å². The number of rotatable bonds is 8. The summed E-state index contributed by atoms with van der Waals surface area (Å²) in [6.07, 6.45) is 3.35. The summed E-state index contributed by atoms with van der Waals surface area (Å²) in [7, 11) is -2.21. The van der Waals surface area contributed by atoms with Gasteiger partial charge in [-0.2, -0.15) is 0 Å². The van der Waals surface area contributed by atoms with Crippen molar-refractivity contribution in [3.05, 3.63) is 101 Å². The molecular weight excluding hydrogens is 480 g/mol. The molecule has 0 bridgehead atoms. The Labute approximate surface area is 208 Å². The van der Waals surface area contributed by atoms with Gasteiger partial charge in [-0.15, -0.1) is 0 Å². The fourth-order valence-electron chi connectivity index (χ4n) is 3.46. The summed E-state index contributed by atoms with van der Waals surface area (Å²) in [4.78, 5) is 32.6. The van der Waals surface area contributed by atoms with Crippen LogP contribution in [0.5, 0.6) is 0 Å². The van der Waals surface area contributed by atoms with E-state index in [0.717, 1.165) is 5.56 Å². The third-order valence-electron chi connectivity index (χ3n) is 5.49. The van der Waals surface area contributed by atoms with Crippen molar-refractivity contribution in [3.8, 4) is 11.5 Å². The Morgan fingerprint density at radius 2 is 1.61 bits per heavy atom. The fourth-order valence-corrected chi connectivity index (χ4v) is 4.80. The highest BCUT2D eigenvalue weighted by atomic mass is 32.2. The van der Waals surface area contributed by atoms with Gasteiger partial charge in [0, 0.05) is 42.7 Å². The lowest BCUT2D eigenvalue weighted by molar-refractivity contribution is 0.0947. The van der Waals surface area contributed by atoms with Crippen LogP contribution in [-0.2, 0) is 22.1 Å². The Kier molecular flexibility index (Phi) is 7.25. The molecule has 0 saturated heterocycles. The second-order valence-electron chi connectivity index (χ2n) is 8.01. The van der Waals surface area contributed by atoms with Crippen LogP contribution in [0.25, 0.3) is 11.5 Å². The molecule has 4 aromatic rings. The fraction of sp³-hybridized carbons (Fsp3) is 0.154. The van der Waals surface area contributed by atoms with Crippen molar-refractivity contribution >= 4 is 21.7 Å². The zero-order valence-corrected chi connectivity index (χ0v) is 20.5. The van der Waals surface area contributed by atoms with Crippen LogP contribution >= 0.6 is 0 Å². The van der Waals surface area contributed by atoms with Gasteiger partial charge in [-0.25, -0.2) is 13.4 Å². The first-order chi connectivity index (χ1) is 17.3. The van der Waals surface area contributed by atoms with E-state index in [2.05, 4.69) is 20.6 Å². The Bertz CT molecular complexity index is 1480. The quantitative estimate of drug-likeness (QED) is 0.376. The van der Waals surface area contributed by atoms with Crippen molar-refractivity contribution < 1.29 is 22.4 Å². The molecule has 0 saturated carbocycles. The number of oxazole rings is 1. The van der Waals surface area contributed by atoms with Crippen LogP contribution in [-0.4, -0.2) is 37.2 Å². The van der Waals surface area contributed by atoms with Crippen LogP contribution in [0, 0.1) is 6.92 Å². The van der Waals surface area contributed by atoms with Gasteiger partial charge >= 0.3 is 0 Å². The number of hydrogen-bond donors (Lipinski definition) is 2. The van der Waals surface area contributed by atoms with Crippen molar-refractivity contribution in [2.24, 2.45) is 0 Å². The van der Waals surface area contributed by atoms with Gasteiger partial charge in [0.15, 0.2) is 9.84 Å². The van der Waals surface area contributed by atoms with Crippen molar-refractivity contribution in [3.63, 3.8) is 0 Å². The number of nitrogens with one attached hydrogen (secondary N) is 2. The predicted molar refractivity (Wildman–Crippen MR) is 133 cm³/mol. The molecule has 36 heavy (non-hydrogen) atoms. The molecule has 2 heterocycles. The molecule has 184 valence electrons. The molecule has 10 heteroatoms. The minimum absolute atomic E-state index is 0.0840.